The molecule has 0 bridgehead atoms. The van der Waals surface area contributed by atoms with Crippen LogP contribution in [0, 0.1) is 13.8 Å². The van der Waals surface area contributed by atoms with Crippen LogP contribution in [0.25, 0.3) is 5.30 Å². The molecular formula is C13H13O2P. The molecule has 82 valence electrons. The Morgan fingerprint density at radius 3 is 2.38 bits per heavy atom. The first kappa shape index (κ1) is 11.0. The van der Waals surface area contributed by atoms with E-state index in [1.54, 1.807) is 0 Å². The van der Waals surface area contributed by atoms with Gasteiger partial charge in [-0.3, -0.25) is 0 Å². The maximum atomic E-state index is 11.3. The first-order chi connectivity index (χ1) is 7.61. The van der Waals surface area contributed by atoms with Crippen molar-refractivity contribution in [3.05, 3.63) is 52.6 Å². The molecule has 16 heavy (non-hydrogen) atoms. The highest BCUT2D eigenvalue weighted by Crippen LogP contribution is 2.47. The van der Waals surface area contributed by atoms with Gasteiger partial charge >= 0.3 is 5.97 Å². The van der Waals surface area contributed by atoms with Crippen LogP contribution in [-0.4, -0.2) is 11.1 Å². The van der Waals surface area contributed by atoms with Crippen molar-refractivity contribution in [1.29, 1.82) is 0 Å². The Morgan fingerprint density at radius 1 is 1.19 bits per heavy atom. The zero-order valence-corrected chi connectivity index (χ0v) is 10.2. The van der Waals surface area contributed by atoms with E-state index in [2.05, 4.69) is 5.80 Å². The maximum Gasteiger partial charge on any atom is 0.340 e. The number of hydrogen-bond donors (Lipinski definition) is 1. The Bertz CT molecular complexity index is 526. The lowest BCUT2D eigenvalue weighted by atomic mass is 10.2. The van der Waals surface area contributed by atoms with Crippen molar-refractivity contribution in [3.63, 3.8) is 0 Å². The van der Waals surface area contributed by atoms with Gasteiger partial charge in [0.1, 0.15) is 0 Å². The minimum absolute atomic E-state index is 0.568. The lowest BCUT2D eigenvalue weighted by Crippen LogP contribution is -1.95. The Kier molecular flexibility index (Phi) is 2.84. The highest BCUT2D eigenvalue weighted by atomic mass is 31.1. The average molecular weight is 232 g/mol. The Balaban J connectivity index is 2.66. The lowest BCUT2D eigenvalue weighted by Gasteiger charge is -2.02. The van der Waals surface area contributed by atoms with E-state index in [0.29, 0.717) is 5.30 Å². The Morgan fingerprint density at radius 2 is 1.81 bits per heavy atom. The highest BCUT2D eigenvalue weighted by molar-refractivity contribution is 7.58. The summed E-state index contributed by atoms with van der Waals surface area (Å²) in [6, 6.07) is 9.85. The number of rotatable bonds is 2. The molecule has 2 aromatic rings. The Labute approximate surface area is 95.6 Å². The van der Waals surface area contributed by atoms with Crippen LogP contribution < -0.4 is 0 Å². The van der Waals surface area contributed by atoms with Crippen LogP contribution in [0.5, 0.6) is 0 Å². The number of benzene rings is 1. The molecule has 1 atom stereocenters. The number of carbonyl (C=O) groups is 1. The molecule has 0 aliphatic heterocycles. The number of carboxylic acid groups (broad SMARTS) is 1. The van der Waals surface area contributed by atoms with Crippen LogP contribution in [0.2, 0.25) is 0 Å². The second kappa shape index (κ2) is 4.15. The van der Waals surface area contributed by atoms with E-state index in [0.717, 1.165) is 16.4 Å². The second-order valence-corrected chi connectivity index (χ2v) is 5.76. The van der Waals surface area contributed by atoms with Crippen LogP contribution in [-0.2, 0) is 0 Å². The van der Waals surface area contributed by atoms with E-state index in [4.69, 9.17) is 0 Å². The van der Waals surface area contributed by atoms with Gasteiger partial charge in [0, 0.05) is 0 Å². The molecule has 2 rings (SSSR count). The van der Waals surface area contributed by atoms with E-state index < -0.39 is 13.5 Å². The zero-order chi connectivity index (χ0) is 11.7. The number of hydrogen-bond acceptors (Lipinski definition) is 1. The van der Waals surface area contributed by atoms with Gasteiger partial charge in [-0.15, -0.1) is 0 Å². The molecular weight excluding hydrogens is 219 g/mol. The zero-order valence-electron chi connectivity index (χ0n) is 9.27. The van der Waals surface area contributed by atoms with Crippen LogP contribution >= 0.6 is 7.53 Å². The van der Waals surface area contributed by atoms with Gasteiger partial charge in [0.05, 0.1) is 5.30 Å². The summed E-state index contributed by atoms with van der Waals surface area (Å²) in [7, 11) is -0.804. The molecule has 0 amide bonds. The van der Waals surface area contributed by atoms with Crippen molar-refractivity contribution in [1.82, 2.24) is 0 Å². The van der Waals surface area contributed by atoms with Crippen molar-refractivity contribution in [2.75, 3.05) is 0 Å². The molecule has 0 saturated carbocycles. The molecule has 0 aliphatic carbocycles. The highest BCUT2D eigenvalue weighted by Gasteiger charge is 2.17. The quantitative estimate of drug-likeness (QED) is 0.850. The normalized spacial score (nSPS) is 11.5. The van der Waals surface area contributed by atoms with Gasteiger partial charge < -0.3 is 5.11 Å². The third-order valence-corrected chi connectivity index (χ3v) is 5.26. The summed E-state index contributed by atoms with van der Waals surface area (Å²) in [4.78, 5) is 11.3. The number of aromatic carboxylic acids is 1. The summed E-state index contributed by atoms with van der Waals surface area (Å²) in [6.45, 7) is 3.87. The van der Waals surface area contributed by atoms with E-state index in [-0.39, 0.29) is 0 Å². The third-order valence-electron chi connectivity index (χ3n) is 2.75. The maximum absolute atomic E-state index is 11.3. The van der Waals surface area contributed by atoms with Gasteiger partial charge in [-0.05, 0) is 36.1 Å². The van der Waals surface area contributed by atoms with Crippen molar-refractivity contribution >= 4 is 13.5 Å². The first-order valence-corrected chi connectivity index (χ1v) is 6.49. The van der Waals surface area contributed by atoms with Gasteiger partial charge in [-0.1, -0.05) is 37.9 Å². The molecule has 0 aliphatic rings. The SMILES string of the molecule is Cc1cp(-c2ccccc2)c(C(=O)O)c1C. The van der Waals surface area contributed by atoms with Gasteiger partial charge in [0.25, 0.3) is 0 Å². The summed E-state index contributed by atoms with van der Waals surface area (Å²) in [5.74, 6) is 1.30. The molecule has 0 spiro atoms. The van der Waals surface area contributed by atoms with E-state index in [1.807, 2.05) is 44.2 Å². The molecule has 1 aromatic carbocycles. The fraction of sp³-hybridized carbons (Fsp3) is 0.154. The molecule has 1 unspecified atom stereocenters. The molecule has 0 radical (unpaired) electrons. The summed E-state index contributed by atoms with van der Waals surface area (Å²) in [5.41, 5.74) is 2.01. The van der Waals surface area contributed by atoms with Crippen LogP contribution in [0.15, 0.2) is 36.1 Å². The summed E-state index contributed by atoms with van der Waals surface area (Å²) >= 11 is 0. The van der Waals surface area contributed by atoms with Crippen molar-refractivity contribution in [2.45, 2.75) is 13.8 Å². The lowest BCUT2D eigenvalue weighted by molar-refractivity contribution is 0.0701. The van der Waals surface area contributed by atoms with Crippen LogP contribution in [0.1, 0.15) is 21.2 Å². The topological polar surface area (TPSA) is 37.3 Å². The standard InChI is InChI=1S/C13H13O2P/c1-9-8-16(11-6-4-3-5-7-11)12(10(9)2)13(14)15/h3-8H,1-2H3,(H,14,15). The molecule has 2 nitrogen and oxygen atoms in total. The number of carboxylic acids is 1. The predicted octanol–water partition coefficient (Wildman–Crippen LogP) is 3.98. The Hall–Kier alpha value is -1.53. The second-order valence-electron chi connectivity index (χ2n) is 3.80. The molecule has 3 heteroatoms. The summed E-state index contributed by atoms with van der Waals surface area (Å²) in [5, 5.41) is 10.9. The third kappa shape index (κ3) is 1.77. The molecule has 1 N–H and O–H groups in total. The van der Waals surface area contributed by atoms with Crippen molar-refractivity contribution in [3.8, 4) is 5.30 Å². The predicted molar refractivity (Wildman–Crippen MR) is 66.9 cm³/mol. The van der Waals surface area contributed by atoms with Crippen molar-refractivity contribution in [2.24, 2.45) is 0 Å². The minimum atomic E-state index is -0.804. The minimum Gasteiger partial charge on any atom is -0.477 e. The molecule has 0 fully saturated rings. The van der Waals surface area contributed by atoms with Crippen LogP contribution in [0.3, 0.4) is 0 Å². The summed E-state index contributed by atoms with van der Waals surface area (Å²) in [6.07, 6.45) is 0. The molecule has 1 aromatic heterocycles. The van der Waals surface area contributed by atoms with Gasteiger partial charge in [0.2, 0.25) is 0 Å². The van der Waals surface area contributed by atoms with E-state index in [9.17, 15) is 9.90 Å². The van der Waals surface area contributed by atoms with E-state index in [1.165, 1.54) is 0 Å². The summed E-state index contributed by atoms with van der Waals surface area (Å²) < 4.78 is 0. The average Bonchev–Trinajstić information content (AvgIpc) is 2.57. The molecule has 1 heterocycles. The van der Waals surface area contributed by atoms with E-state index >= 15 is 0 Å². The van der Waals surface area contributed by atoms with Crippen LogP contribution in [0.4, 0.5) is 0 Å². The first-order valence-electron chi connectivity index (χ1n) is 5.08. The monoisotopic (exact) mass is 232 g/mol. The number of aryl methyl sites for hydroxylation is 1. The van der Waals surface area contributed by atoms with Crippen molar-refractivity contribution < 1.29 is 9.90 Å². The van der Waals surface area contributed by atoms with Gasteiger partial charge in [-0.25, -0.2) is 4.79 Å². The smallest absolute Gasteiger partial charge is 0.340 e. The fourth-order valence-electron chi connectivity index (χ4n) is 1.78. The van der Waals surface area contributed by atoms with Gasteiger partial charge in [0.15, 0.2) is 0 Å². The van der Waals surface area contributed by atoms with Gasteiger partial charge in [-0.2, -0.15) is 0 Å². The molecule has 0 saturated heterocycles. The fourth-order valence-corrected chi connectivity index (χ4v) is 4.13. The largest absolute Gasteiger partial charge is 0.477 e.